The molecule has 0 aromatic rings. The summed E-state index contributed by atoms with van der Waals surface area (Å²) in [6, 6.07) is 0. The zero-order valence-electron chi connectivity index (χ0n) is 11.2. The quantitative estimate of drug-likeness (QED) is 0.381. The molecular formula is C12H22O8. The molecule has 2 saturated heterocycles. The zero-order valence-corrected chi connectivity index (χ0v) is 11.2. The van der Waals surface area contributed by atoms with Gasteiger partial charge >= 0.3 is 0 Å². The van der Waals surface area contributed by atoms with Crippen molar-refractivity contribution < 1.29 is 39.7 Å². The second-order valence-electron chi connectivity index (χ2n) is 5.23. The first kappa shape index (κ1) is 16.1. The highest BCUT2D eigenvalue weighted by molar-refractivity contribution is 4.90. The van der Waals surface area contributed by atoms with E-state index in [1.165, 1.54) is 0 Å². The molecule has 8 heteroatoms. The Bertz CT molecular complexity index is 312. The van der Waals surface area contributed by atoms with E-state index in [1.807, 2.05) is 0 Å². The van der Waals surface area contributed by atoms with E-state index in [4.69, 9.17) is 19.3 Å². The van der Waals surface area contributed by atoms with Crippen LogP contribution in [0.15, 0.2) is 0 Å². The SMILES string of the molecule is C[C@H]1OCC[C@@H](O[C@H]2O[C@H](CO)[C@@H](O)[C@H](O)[C@H]2O)[C@@H]1O. The molecule has 0 saturated carbocycles. The van der Waals surface area contributed by atoms with Crippen molar-refractivity contribution in [2.75, 3.05) is 13.2 Å². The van der Waals surface area contributed by atoms with E-state index in [2.05, 4.69) is 0 Å². The van der Waals surface area contributed by atoms with E-state index in [0.29, 0.717) is 13.0 Å². The van der Waals surface area contributed by atoms with Crippen molar-refractivity contribution in [2.45, 2.75) is 62.4 Å². The molecule has 0 aromatic carbocycles. The second kappa shape index (κ2) is 6.63. The Labute approximate surface area is 116 Å². The number of aliphatic hydroxyl groups excluding tert-OH is 5. The smallest absolute Gasteiger partial charge is 0.187 e. The summed E-state index contributed by atoms with van der Waals surface area (Å²) in [6.07, 6.45) is -8.09. The number of ether oxygens (including phenoxy) is 3. The average Bonchev–Trinajstić information content (AvgIpc) is 2.44. The molecule has 5 N–H and O–H groups in total. The van der Waals surface area contributed by atoms with Gasteiger partial charge in [-0.05, 0) is 13.3 Å². The third-order valence-corrected chi connectivity index (χ3v) is 3.80. The maximum Gasteiger partial charge on any atom is 0.187 e. The van der Waals surface area contributed by atoms with Crippen molar-refractivity contribution in [3.63, 3.8) is 0 Å². The molecule has 0 amide bonds. The molecule has 2 fully saturated rings. The molecule has 8 atom stereocenters. The van der Waals surface area contributed by atoms with Crippen molar-refractivity contribution in [1.29, 1.82) is 0 Å². The van der Waals surface area contributed by atoms with Crippen LogP contribution in [-0.2, 0) is 14.2 Å². The van der Waals surface area contributed by atoms with E-state index in [1.54, 1.807) is 6.92 Å². The molecule has 8 nitrogen and oxygen atoms in total. The average molecular weight is 294 g/mol. The van der Waals surface area contributed by atoms with E-state index >= 15 is 0 Å². The highest BCUT2D eigenvalue weighted by Gasteiger charge is 2.46. The van der Waals surface area contributed by atoms with Gasteiger partial charge in [-0.1, -0.05) is 0 Å². The summed E-state index contributed by atoms with van der Waals surface area (Å²) in [5.74, 6) is 0. The summed E-state index contributed by atoms with van der Waals surface area (Å²) in [5.41, 5.74) is 0. The van der Waals surface area contributed by atoms with Gasteiger partial charge in [-0.2, -0.15) is 0 Å². The third-order valence-electron chi connectivity index (χ3n) is 3.80. The Morgan fingerprint density at radius 1 is 1.05 bits per heavy atom. The Morgan fingerprint density at radius 3 is 2.40 bits per heavy atom. The van der Waals surface area contributed by atoms with Crippen LogP contribution >= 0.6 is 0 Å². The van der Waals surface area contributed by atoms with Gasteiger partial charge in [-0.25, -0.2) is 0 Å². The van der Waals surface area contributed by atoms with Gasteiger partial charge in [0.25, 0.3) is 0 Å². The maximum atomic E-state index is 9.95. The van der Waals surface area contributed by atoms with Crippen LogP contribution in [0.4, 0.5) is 0 Å². The molecule has 0 radical (unpaired) electrons. The van der Waals surface area contributed by atoms with Gasteiger partial charge < -0.3 is 39.7 Å². The monoisotopic (exact) mass is 294 g/mol. The van der Waals surface area contributed by atoms with Crippen LogP contribution in [0.25, 0.3) is 0 Å². The molecule has 2 aliphatic rings. The van der Waals surface area contributed by atoms with E-state index < -0.39 is 55.6 Å². The van der Waals surface area contributed by atoms with Crippen molar-refractivity contribution in [3.8, 4) is 0 Å². The Hall–Kier alpha value is -0.320. The van der Waals surface area contributed by atoms with Crippen LogP contribution in [0.3, 0.4) is 0 Å². The van der Waals surface area contributed by atoms with Crippen LogP contribution in [-0.4, -0.2) is 87.8 Å². The summed E-state index contributed by atoms with van der Waals surface area (Å²) < 4.78 is 16.0. The Morgan fingerprint density at radius 2 is 1.75 bits per heavy atom. The zero-order chi connectivity index (χ0) is 14.9. The third kappa shape index (κ3) is 3.12. The lowest BCUT2D eigenvalue weighted by atomic mass is 9.98. The molecule has 2 heterocycles. The fraction of sp³-hybridized carbons (Fsp3) is 1.00. The first-order chi connectivity index (χ1) is 9.45. The fourth-order valence-electron chi connectivity index (χ4n) is 2.44. The second-order valence-corrected chi connectivity index (χ2v) is 5.23. The minimum absolute atomic E-state index is 0.403. The van der Waals surface area contributed by atoms with Crippen LogP contribution < -0.4 is 0 Å². The number of hydrogen-bond donors (Lipinski definition) is 5. The van der Waals surface area contributed by atoms with E-state index in [-0.39, 0.29) is 0 Å². The maximum absolute atomic E-state index is 9.95. The van der Waals surface area contributed by atoms with Gasteiger partial charge in [-0.15, -0.1) is 0 Å². The molecule has 2 aliphatic heterocycles. The van der Waals surface area contributed by atoms with Gasteiger partial charge in [0.05, 0.1) is 18.8 Å². The highest BCUT2D eigenvalue weighted by Crippen LogP contribution is 2.26. The normalized spacial score (nSPS) is 50.1. The molecule has 2 rings (SSSR count). The highest BCUT2D eigenvalue weighted by atomic mass is 16.7. The van der Waals surface area contributed by atoms with Crippen molar-refractivity contribution in [2.24, 2.45) is 0 Å². The van der Waals surface area contributed by atoms with Crippen LogP contribution in [0.2, 0.25) is 0 Å². The van der Waals surface area contributed by atoms with Gasteiger partial charge in [0, 0.05) is 6.61 Å². The summed E-state index contributed by atoms with van der Waals surface area (Å²) >= 11 is 0. The first-order valence-corrected chi connectivity index (χ1v) is 6.71. The van der Waals surface area contributed by atoms with Gasteiger partial charge in [0.2, 0.25) is 0 Å². The fourth-order valence-corrected chi connectivity index (χ4v) is 2.44. The molecule has 0 bridgehead atoms. The number of rotatable bonds is 3. The van der Waals surface area contributed by atoms with Gasteiger partial charge in [0.1, 0.15) is 30.5 Å². The van der Waals surface area contributed by atoms with Crippen LogP contribution in [0.1, 0.15) is 13.3 Å². The molecule has 0 aromatic heterocycles. The van der Waals surface area contributed by atoms with Crippen LogP contribution in [0.5, 0.6) is 0 Å². The minimum Gasteiger partial charge on any atom is -0.394 e. The predicted molar refractivity (Wildman–Crippen MR) is 64.7 cm³/mol. The number of hydrogen-bond acceptors (Lipinski definition) is 8. The Balaban J connectivity index is 2.00. The Kier molecular flexibility index (Phi) is 5.32. The largest absolute Gasteiger partial charge is 0.394 e. The van der Waals surface area contributed by atoms with Crippen molar-refractivity contribution in [3.05, 3.63) is 0 Å². The molecule has 118 valence electrons. The molecule has 0 aliphatic carbocycles. The standard InChI is InChI=1S/C12H22O8/c1-5-8(14)6(2-3-18-5)19-12-11(17)10(16)9(15)7(4-13)20-12/h5-17H,2-4H2,1H3/t5-,6-,7-,8-,9-,10+,11-,12+/m1/s1. The summed E-state index contributed by atoms with van der Waals surface area (Å²) in [5, 5.41) is 48.2. The lowest BCUT2D eigenvalue weighted by Crippen LogP contribution is -2.60. The molecule has 0 unspecified atom stereocenters. The van der Waals surface area contributed by atoms with Crippen LogP contribution in [0, 0.1) is 0 Å². The predicted octanol–water partition coefficient (Wildman–Crippen LogP) is -2.66. The van der Waals surface area contributed by atoms with Crippen molar-refractivity contribution in [1.82, 2.24) is 0 Å². The van der Waals surface area contributed by atoms with E-state index in [0.717, 1.165) is 0 Å². The van der Waals surface area contributed by atoms with Gasteiger partial charge in [-0.3, -0.25) is 0 Å². The first-order valence-electron chi connectivity index (χ1n) is 6.71. The molecule has 0 spiro atoms. The molecule has 20 heavy (non-hydrogen) atoms. The van der Waals surface area contributed by atoms with Crippen molar-refractivity contribution >= 4 is 0 Å². The lowest BCUT2D eigenvalue weighted by molar-refractivity contribution is -0.324. The summed E-state index contributed by atoms with van der Waals surface area (Å²) in [7, 11) is 0. The molecular weight excluding hydrogens is 272 g/mol. The topological polar surface area (TPSA) is 129 Å². The lowest BCUT2D eigenvalue weighted by Gasteiger charge is -2.42. The minimum atomic E-state index is -1.49. The summed E-state index contributed by atoms with van der Waals surface area (Å²) in [4.78, 5) is 0. The summed E-state index contributed by atoms with van der Waals surface area (Å²) in [6.45, 7) is 1.59. The number of aliphatic hydroxyl groups is 5. The van der Waals surface area contributed by atoms with Gasteiger partial charge in [0.15, 0.2) is 6.29 Å². The van der Waals surface area contributed by atoms with E-state index in [9.17, 15) is 20.4 Å².